The molecule has 2 aromatic carbocycles. The molecule has 0 radical (unpaired) electrons. The van der Waals surface area contributed by atoms with E-state index in [1.807, 2.05) is 0 Å². The Morgan fingerprint density at radius 2 is 1.59 bits per heavy atom. The zero-order valence-electron chi connectivity index (χ0n) is 23.3. The van der Waals surface area contributed by atoms with Crippen molar-refractivity contribution in [2.45, 2.75) is 77.7 Å². The van der Waals surface area contributed by atoms with Gasteiger partial charge in [0.25, 0.3) is 5.91 Å². The Balaban J connectivity index is 1.79. The summed E-state index contributed by atoms with van der Waals surface area (Å²) in [5.74, 6) is -3.07. The van der Waals surface area contributed by atoms with Gasteiger partial charge < -0.3 is 20.4 Å². The predicted octanol–water partition coefficient (Wildman–Crippen LogP) is 5.20. The van der Waals surface area contributed by atoms with Crippen molar-refractivity contribution in [3.63, 3.8) is 0 Å². The maximum atomic E-state index is 14.0. The van der Waals surface area contributed by atoms with Gasteiger partial charge in [0.05, 0.1) is 18.5 Å². The summed E-state index contributed by atoms with van der Waals surface area (Å²) in [5.41, 5.74) is -0.219. The molecule has 224 valence electrons. The number of aliphatic hydroxyl groups is 1. The fourth-order valence-electron chi connectivity index (χ4n) is 5.20. The first-order chi connectivity index (χ1) is 19.0. The molecule has 1 aliphatic carbocycles. The minimum atomic E-state index is -4.75. The van der Waals surface area contributed by atoms with Crippen LogP contribution < -0.4 is 5.32 Å². The van der Waals surface area contributed by atoms with Gasteiger partial charge in [0.15, 0.2) is 6.10 Å². The number of hydrogen-bond acceptors (Lipinski definition) is 4. The molecule has 3 N–H and O–H groups in total. The largest absolute Gasteiger partial charge is 0.479 e. The van der Waals surface area contributed by atoms with Crippen LogP contribution in [0.15, 0.2) is 42.5 Å². The molecule has 0 bridgehead atoms. The van der Waals surface area contributed by atoms with Crippen LogP contribution in [0.2, 0.25) is 0 Å². The van der Waals surface area contributed by atoms with E-state index in [4.69, 9.17) is 5.11 Å². The van der Waals surface area contributed by atoms with Crippen molar-refractivity contribution in [1.29, 1.82) is 0 Å². The maximum absolute atomic E-state index is 14.0. The van der Waals surface area contributed by atoms with Gasteiger partial charge >= 0.3 is 12.1 Å². The predicted molar refractivity (Wildman–Crippen MR) is 143 cm³/mol. The third kappa shape index (κ3) is 9.01. The van der Waals surface area contributed by atoms with Crippen LogP contribution in [0.25, 0.3) is 0 Å². The molecule has 1 atom stereocenters. The van der Waals surface area contributed by atoms with Crippen molar-refractivity contribution in [1.82, 2.24) is 10.2 Å². The molecule has 1 fully saturated rings. The smallest absolute Gasteiger partial charge is 0.416 e. The van der Waals surface area contributed by atoms with Crippen molar-refractivity contribution in [3.05, 3.63) is 70.5 Å². The standard InChI is InChI=1S/C30H36F4N2O5/c1-29(2,3)21-8-10-24(11-9-21)36(26(38)14-19-12-22(30(32,33)34)15-23(31)13-19)17-18-4-6-20(7-5-18)27(39)35-16-25(37)28(40)41/h4-7,12-13,15,21,24-25,37H,8-11,14,16-17H2,1-3H3,(H,35,39)(H,40,41). The maximum Gasteiger partial charge on any atom is 0.416 e. The summed E-state index contributed by atoms with van der Waals surface area (Å²) in [5, 5.41) is 20.4. The topological polar surface area (TPSA) is 107 Å². The molecule has 7 nitrogen and oxygen atoms in total. The molecule has 0 aliphatic heterocycles. The van der Waals surface area contributed by atoms with E-state index < -0.39 is 54.4 Å². The van der Waals surface area contributed by atoms with Crippen LogP contribution >= 0.6 is 0 Å². The van der Waals surface area contributed by atoms with E-state index in [1.165, 1.54) is 12.1 Å². The lowest BCUT2D eigenvalue weighted by Crippen LogP contribution is -2.43. The van der Waals surface area contributed by atoms with Gasteiger partial charge in [0.2, 0.25) is 5.91 Å². The first-order valence-corrected chi connectivity index (χ1v) is 13.5. The van der Waals surface area contributed by atoms with Crippen LogP contribution in [0.5, 0.6) is 0 Å². The number of carbonyl (C=O) groups excluding carboxylic acids is 2. The summed E-state index contributed by atoms with van der Waals surface area (Å²) in [6.45, 7) is 6.19. The van der Waals surface area contributed by atoms with Gasteiger partial charge in [-0.15, -0.1) is 0 Å². The normalized spacial score (nSPS) is 18.4. The van der Waals surface area contributed by atoms with Gasteiger partial charge in [0, 0.05) is 18.2 Å². The number of nitrogens with zero attached hydrogens (tertiary/aromatic N) is 1. The van der Waals surface area contributed by atoms with E-state index in [0.717, 1.165) is 37.8 Å². The van der Waals surface area contributed by atoms with Crippen LogP contribution in [0, 0.1) is 17.2 Å². The quantitative estimate of drug-likeness (QED) is 0.354. The number of nitrogens with one attached hydrogen (secondary N) is 1. The molecule has 0 aromatic heterocycles. The average Bonchev–Trinajstić information content (AvgIpc) is 2.89. The van der Waals surface area contributed by atoms with Crippen LogP contribution in [0.4, 0.5) is 17.6 Å². The van der Waals surface area contributed by atoms with Gasteiger partial charge in [-0.3, -0.25) is 9.59 Å². The summed E-state index contributed by atoms with van der Waals surface area (Å²) in [6.07, 6.45) is -3.67. The molecule has 0 spiro atoms. The van der Waals surface area contributed by atoms with Crippen LogP contribution in [0.1, 0.15) is 73.5 Å². The number of carboxylic acid groups (broad SMARTS) is 1. The Hall–Kier alpha value is -3.47. The molecule has 41 heavy (non-hydrogen) atoms. The Kier molecular flexibility index (Phi) is 10.2. The number of amides is 2. The highest BCUT2D eigenvalue weighted by Crippen LogP contribution is 2.39. The zero-order chi connectivity index (χ0) is 30.5. The lowest BCUT2D eigenvalue weighted by molar-refractivity contribution is -0.146. The van der Waals surface area contributed by atoms with Crippen molar-refractivity contribution >= 4 is 17.8 Å². The van der Waals surface area contributed by atoms with Gasteiger partial charge in [-0.1, -0.05) is 32.9 Å². The zero-order valence-corrected chi connectivity index (χ0v) is 23.3. The third-order valence-corrected chi connectivity index (χ3v) is 7.63. The Bertz CT molecular complexity index is 1230. The number of rotatable bonds is 9. The molecule has 0 saturated heterocycles. The fourth-order valence-corrected chi connectivity index (χ4v) is 5.20. The number of carboxylic acids is 1. The minimum absolute atomic E-state index is 0.0636. The second-order valence-electron chi connectivity index (χ2n) is 11.7. The lowest BCUT2D eigenvalue weighted by atomic mass is 9.71. The van der Waals surface area contributed by atoms with Crippen LogP contribution in [-0.2, 0) is 28.7 Å². The number of carbonyl (C=O) groups is 3. The highest BCUT2D eigenvalue weighted by atomic mass is 19.4. The van der Waals surface area contributed by atoms with E-state index >= 15 is 0 Å². The van der Waals surface area contributed by atoms with Crippen LogP contribution in [-0.4, -0.2) is 51.6 Å². The summed E-state index contributed by atoms with van der Waals surface area (Å²) in [4.78, 5) is 38.2. The molecule has 2 aromatic rings. The summed E-state index contributed by atoms with van der Waals surface area (Å²) < 4.78 is 53.7. The number of aliphatic hydroxyl groups excluding tert-OH is 1. The van der Waals surface area contributed by atoms with Crippen molar-refractivity contribution in [2.75, 3.05) is 6.54 Å². The average molecular weight is 581 g/mol. The molecule has 11 heteroatoms. The second kappa shape index (κ2) is 13.0. The van der Waals surface area contributed by atoms with Gasteiger partial charge in [-0.05, 0) is 78.5 Å². The highest BCUT2D eigenvalue weighted by molar-refractivity contribution is 5.94. The summed E-state index contributed by atoms with van der Waals surface area (Å²) in [7, 11) is 0. The molecule has 0 heterocycles. The van der Waals surface area contributed by atoms with E-state index in [1.54, 1.807) is 17.0 Å². The van der Waals surface area contributed by atoms with E-state index in [2.05, 4.69) is 26.1 Å². The minimum Gasteiger partial charge on any atom is -0.479 e. The second-order valence-corrected chi connectivity index (χ2v) is 11.7. The third-order valence-electron chi connectivity index (χ3n) is 7.63. The van der Waals surface area contributed by atoms with Gasteiger partial charge in [-0.25, -0.2) is 9.18 Å². The fraction of sp³-hybridized carbons (Fsp3) is 0.500. The van der Waals surface area contributed by atoms with Crippen molar-refractivity contribution in [3.8, 4) is 0 Å². The number of halogens is 4. The monoisotopic (exact) mass is 580 g/mol. The van der Waals surface area contributed by atoms with E-state index in [-0.39, 0.29) is 29.1 Å². The molecular formula is C30H36F4N2O5. The number of alkyl halides is 3. The van der Waals surface area contributed by atoms with E-state index in [9.17, 15) is 37.1 Å². The van der Waals surface area contributed by atoms with E-state index in [0.29, 0.717) is 17.5 Å². The van der Waals surface area contributed by atoms with Crippen molar-refractivity contribution < 1.29 is 42.2 Å². The number of aliphatic carboxylic acids is 1. The molecule has 1 unspecified atom stereocenters. The van der Waals surface area contributed by atoms with Crippen molar-refractivity contribution in [2.24, 2.45) is 11.3 Å². The Morgan fingerprint density at radius 3 is 2.12 bits per heavy atom. The molecule has 2 amide bonds. The highest BCUT2D eigenvalue weighted by Gasteiger charge is 2.35. The summed E-state index contributed by atoms with van der Waals surface area (Å²) >= 11 is 0. The first-order valence-electron chi connectivity index (χ1n) is 13.5. The number of benzene rings is 2. The Morgan fingerprint density at radius 1 is 0.976 bits per heavy atom. The summed E-state index contributed by atoms with van der Waals surface area (Å²) in [6, 6.07) is 8.25. The van der Waals surface area contributed by atoms with Gasteiger partial charge in [0.1, 0.15) is 5.82 Å². The molecular weight excluding hydrogens is 544 g/mol. The molecule has 1 saturated carbocycles. The molecule has 3 rings (SSSR count). The van der Waals surface area contributed by atoms with Crippen LogP contribution in [0.3, 0.4) is 0 Å². The van der Waals surface area contributed by atoms with Gasteiger partial charge in [-0.2, -0.15) is 13.2 Å². The SMILES string of the molecule is CC(C)(C)C1CCC(N(Cc2ccc(C(=O)NCC(O)C(=O)O)cc2)C(=O)Cc2cc(F)cc(C(F)(F)F)c2)CC1. The number of hydrogen-bond donors (Lipinski definition) is 3. The first kappa shape index (κ1) is 32.0. The molecule has 1 aliphatic rings. The lowest BCUT2D eigenvalue weighted by Gasteiger charge is -2.41. The Labute approximate surface area is 236 Å².